The second kappa shape index (κ2) is 10.9. The maximum absolute atomic E-state index is 12.6. The minimum Gasteiger partial charge on any atom is -0.467 e. The molecule has 170 valence electrons. The largest absolute Gasteiger partial charge is 0.467 e. The van der Waals surface area contributed by atoms with Gasteiger partial charge in [0.2, 0.25) is 17.7 Å². The van der Waals surface area contributed by atoms with Crippen LogP contribution in [0.15, 0.2) is 54.6 Å². The quantitative estimate of drug-likeness (QED) is 0.499. The van der Waals surface area contributed by atoms with Crippen molar-refractivity contribution in [2.24, 2.45) is 0 Å². The molecular formula is C24H24N4O5. The Morgan fingerprint density at radius 3 is 2.36 bits per heavy atom. The van der Waals surface area contributed by atoms with Gasteiger partial charge in [-0.15, -0.1) is 0 Å². The lowest BCUT2D eigenvalue weighted by molar-refractivity contribution is -0.145. The van der Waals surface area contributed by atoms with Crippen molar-refractivity contribution >= 4 is 23.7 Å². The van der Waals surface area contributed by atoms with Crippen LogP contribution in [-0.2, 0) is 36.8 Å². The van der Waals surface area contributed by atoms with Crippen LogP contribution in [0.4, 0.5) is 0 Å². The van der Waals surface area contributed by atoms with Crippen molar-refractivity contribution < 1.29 is 23.9 Å². The number of benzene rings is 2. The van der Waals surface area contributed by atoms with Crippen molar-refractivity contribution in [2.45, 2.75) is 37.4 Å². The third-order valence-electron chi connectivity index (χ3n) is 5.32. The molecule has 9 heteroatoms. The highest BCUT2D eigenvalue weighted by molar-refractivity contribution is 5.99. The summed E-state index contributed by atoms with van der Waals surface area (Å²) in [6.45, 7) is 0. The minimum atomic E-state index is -1.06. The number of hydrogen-bond acceptors (Lipinski definition) is 6. The molecule has 0 saturated carbocycles. The Balaban J connectivity index is 1.61. The lowest BCUT2D eigenvalue weighted by atomic mass is 9.99. The van der Waals surface area contributed by atoms with E-state index in [1.165, 1.54) is 7.11 Å². The predicted molar refractivity (Wildman–Crippen MR) is 117 cm³/mol. The Labute approximate surface area is 191 Å². The molecule has 2 aromatic rings. The second-order valence-corrected chi connectivity index (χ2v) is 7.63. The summed E-state index contributed by atoms with van der Waals surface area (Å²) in [6, 6.07) is 15.2. The van der Waals surface area contributed by atoms with Crippen LogP contribution in [0, 0.1) is 11.3 Å². The molecule has 1 heterocycles. The van der Waals surface area contributed by atoms with Gasteiger partial charge in [0.05, 0.1) is 25.2 Å². The van der Waals surface area contributed by atoms with E-state index < -0.39 is 35.9 Å². The van der Waals surface area contributed by atoms with Gasteiger partial charge in [-0.3, -0.25) is 14.4 Å². The van der Waals surface area contributed by atoms with Gasteiger partial charge in [0.25, 0.3) is 0 Å². The fraction of sp³-hybridized carbons (Fsp3) is 0.292. The van der Waals surface area contributed by atoms with Crippen molar-refractivity contribution in [1.29, 1.82) is 5.26 Å². The highest BCUT2D eigenvalue weighted by Gasteiger charge is 2.35. The standard InChI is InChI=1S/C24H24N4O5/c1-33-24(32)20(12-16-9-5-6-10-17(16)14-25)26-21(29)13-19-23(31)27-18(22(30)28-19)11-15-7-3-2-4-8-15/h2-10,18-20H,11-13H2,1H3,(H,26,29)(H,27,31)(H,28,30)/t18-,19-,20-/m0/s1. The Bertz CT molecular complexity index is 1080. The Morgan fingerprint density at radius 2 is 1.67 bits per heavy atom. The molecule has 0 unspecified atom stereocenters. The molecule has 1 saturated heterocycles. The van der Waals surface area contributed by atoms with Gasteiger partial charge >= 0.3 is 5.97 Å². The Kier molecular flexibility index (Phi) is 7.76. The maximum Gasteiger partial charge on any atom is 0.328 e. The fourth-order valence-corrected chi connectivity index (χ4v) is 3.61. The van der Waals surface area contributed by atoms with Gasteiger partial charge in [-0.25, -0.2) is 4.79 Å². The van der Waals surface area contributed by atoms with E-state index in [2.05, 4.69) is 16.0 Å². The summed E-state index contributed by atoms with van der Waals surface area (Å²) in [5.74, 6) is -2.16. The molecule has 1 fully saturated rings. The van der Waals surface area contributed by atoms with Crippen LogP contribution in [0.5, 0.6) is 0 Å². The van der Waals surface area contributed by atoms with Crippen LogP contribution >= 0.6 is 0 Å². The molecular weight excluding hydrogens is 424 g/mol. The molecule has 3 rings (SSSR count). The maximum atomic E-state index is 12.6. The first-order chi connectivity index (χ1) is 15.9. The van der Waals surface area contributed by atoms with Crippen molar-refractivity contribution in [1.82, 2.24) is 16.0 Å². The number of esters is 1. The van der Waals surface area contributed by atoms with Gasteiger partial charge in [-0.05, 0) is 17.2 Å². The number of methoxy groups -OCH3 is 1. The third-order valence-corrected chi connectivity index (χ3v) is 5.32. The number of carbonyl (C=O) groups excluding carboxylic acids is 4. The first kappa shape index (κ1) is 23.5. The van der Waals surface area contributed by atoms with E-state index in [4.69, 9.17) is 4.74 Å². The molecule has 3 N–H and O–H groups in total. The zero-order chi connectivity index (χ0) is 23.8. The topological polar surface area (TPSA) is 137 Å². The van der Waals surface area contributed by atoms with E-state index in [0.717, 1.165) is 5.56 Å². The summed E-state index contributed by atoms with van der Waals surface area (Å²) in [5.41, 5.74) is 1.85. The first-order valence-corrected chi connectivity index (χ1v) is 10.4. The number of ether oxygens (including phenoxy) is 1. The van der Waals surface area contributed by atoms with Crippen LogP contribution in [-0.4, -0.2) is 48.9 Å². The van der Waals surface area contributed by atoms with Gasteiger partial charge < -0.3 is 20.7 Å². The lowest BCUT2D eigenvalue weighted by Crippen LogP contribution is -2.63. The van der Waals surface area contributed by atoms with Crippen LogP contribution in [0.2, 0.25) is 0 Å². The molecule has 0 aromatic heterocycles. The smallest absolute Gasteiger partial charge is 0.328 e. The highest BCUT2D eigenvalue weighted by Crippen LogP contribution is 2.12. The summed E-state index contributed by atoms with van der Waals surface area (Å²) >= 11 is 0. The van der Waals surface area contributed by atoms with E-state index in [1.807, 2.05) is 36.4 Å². The molecule has 3 atom stereocenters. The summed E-state index contributed by atoms with van der Waals surface area (Å²) in [6.07, 6.45) is 0.0353. The van der Waals surface area contributed by atoms with Gasteiger partial charge in [0, 0.05) is 12.8 Å². The summed E-state index contributed by atoms with van der Waals surface area (Å²) in [7, 11) is 1.19. The third kappa shape index (κ3) is 6.17. The zero-order valence-electron chi connectivity index (χ0n) is 18.0. The van der Waals surface area contributed by atoms with E-state index in [0.29, 0.717) is 17.5 Å². The van der Waals surface area contributed by atoms with Crippen LogP contribution in [0.3, 0.4) is 0 Å². The molecule has 1 aliphatic heterocycles. The summed E-state index contributed by atoms with van der Waals surface area (Å²) in [5, 5.41) is 17.0. The average Bonchev–Trinajstić information content (AvgIpc) is 2.82. The van der Waals surface area contributed by atoms with Crippen LogP contribution in [0.1, 0.15) is 23.1 Å². The van der Waals surface area contributed by atoms with Gasteiger partial charge in [-0.1, -0.05) is 48.5 Å². The lowest BCUT2D eigenvalue weighted by Gasteiger charge is -2.29. The molecule has 33 heavy (non-hydrogen) atoms. The van der Waals surface area contributed by atoms with Crippen molar-refractivity contribution in [3.8, 4) is 6.07 Å². The highest BCUT2D eigenvalue weighted by atomic mass is 16.5. The molecule has 1 aliphatic rings. The van der Waals surface area contributed by atoms with Gasteiger partial charge in [-0.2, -0.15) is 5.26 Å². The molecule has 0 spiro atoms. The SMILES string of the molecule is COC(=O)[C@H](Cc1ccccc1C#N)NC(=O)C[C@@H]1NC(=O)[C@H](Cc2ccccc2)NC1=O. The summed E-state index contributed by atoms with van der Waals surface area (Å²) in [4.78, 5) is 49.8. The normalized spacial score (nSPS) is 18.3. The molecule has 0 aliphatic carbocycles. The second-order valence-electron chi connectivity index (χ2n) is 7.63. The number of carbonyl (C=O) groups is 4. The minimum absolute atomic E-state index is 0.0461. The van der Waals surface area contributed by atoms with E-state index >= 15 is 0 Å². The molecule has 2 aromatic carbocycles. The molecule has 0 radical (unpaired) electrons. The fourth-order valence-electron chi connectivity index (χ4n) is 3.61. The predicted octanol–water partition coefficient (Wildman–Crippen LogP) is 0.375. The summed E-state index contributed by atoms with van der Waals surface area (Å²) < 4.78 is 4.77. The van der Waals surface area contributed by atoms with E-state index in [1.54, 1.807) is 24.3 Å². The first-order valence-electron chi connectivity index (χ1n) is 10.4. The number of amides is 3. The number of rotatable bonds is 8. The Hall–Kier alpha value is -4.19. The van der Waals surface area contributed by atoms with Crippen molar-refractivity contribution in [3.63, 3.8) is 0 Å². The Morgan fingerprint density at radius 1 is 1.03 bits per heavy atom. The van der Waals surface area contributed by atoms with Crippen LogP contribution < -0.4 is 16.0 Å². The number of nitriles is 1. The number of nitrogens with one attached hydrogen (secondary N) is 3. The van der Waals surface area contributed by atoms with Crippen LogP contribution in [0.25, 0.3) is 0 Å². The molecule has 3 amide bonds. The zero-order valence-corrected chi connectivity index (χ0v) is 18.0. The number of hydrogen-bond donors (Lipinski definition) is 3. The van der Waals surface area contributed by atoms with Crippen molar-refractivity contribution in [3.05, 3.63) is 71.3 Å². The van der Waals surface area contributed by atoms with E-state index in [-0.39, 0.29) is 18.7 Å². The molecule has 9 nitrogen and oxygen atoms in total. The van der Waals surface area contributed by atoms with Crippen molar-refractivity contribution in [2.75, 3.05) is 7.11 Å². The van der Waals surface area contributed by atoms with E-state index in [9.17, 15) is 24.4 Å². The van der Waals surface area contributed by atoms with Gasteiger partial charge in [0.15, 0.2) is 0 Å². The molecule has 0 bridgehead atoms. The number of nitrogens with zero attached hydrogens (tertiary/aromatic N) is 1. The average molecular weight is 448 g/mol. The number of piperazine rings is 1. The van der Waals surface area contributed by atoms with Gasteiger partial charge in [0.1, 0.15) is 18.1 Å². The monoisotopic (exact) mass is 448 g/mol.